The van der Waals surface area contributed by atoms with Gasteiger partial charge in [0.25, 0.3) is 0 Å². The lowest BCUT2D eigenvalue weighted by atomic mass is 9.96. The second-order valence-electron chi connectivity index (χ2n) is 6.16. The Morgan fingerprint density at radius 2 is 2.20 bits per heavy atom. The summed E-state index contributed by atoms with van der Waals surface area (Å²) in [5.41, 5.74) is 0. The molecule has 3 saturated heterocycles. The van der Waals surface area contributed by atoms with E-state index in [1.807, 2.05) is 10.8 Å². The lowest BCUT2D eigenvalue weighted by molar-refractivity contribution is -0.132. The zero-order valence-corrected chi connectivity index (χ0v) is 12.5. The van der Waals surface area contributed by atoms with Crippen LogP contribution < -0.4 is 0 Å². The molecule has 0 unspecified atom stereocenters. The molecule has 4 heterocycles. The molecule has 110 valence electrons. The van der Waals surface area contributed by atoms with Crippen molar-refractivity contribution in [3.63, 3.8) is 0 Å². The number of aromatic nitrogens is 2. The highest BCUT2D eigenvalue weighted by Crippen LogP contribution is 2.26. The second-order valence-corrected chi connectivity index (χ2v) is 6.16. The van der Waals surface area contributed by atoms with E-state index in [-0.39, 0.29) is 5.91 Å². The number of aryl methyl sites for hydroxylation is 1. The Balaban J connectivity index is 1.68. The van der Waals surface area contributed by atoms with Gasteiger partial charge >= 0.3 is 0 Å². The highest BCUT2D eigenvalue weighted by Gasteiger charge is 2.34. The maximum atomic E-state index is 12.6. The molecule has 0 saturated carbocycles. The molecule has 3 aliphatic rings. The van der Waals surface area contributed by atoms with E-state index in [0.29, 0.717) is 18.5 Å². The zero-order chi connectivity index (χ0) is 14.1. The molecule has 20 heavy (non-hydrogen) atoms. The minimum Gasteiger partial charge on any atom is -0.339 e. The third-order valence-electron chi connectivity index (χ3n) is 4.76. The fraction of sp³-hybridized carbons (Fsp3) is 0.733. The number of hydrogen-bond acceptors (Lipinski definition) is 3. The lowest BCUT2D eigenvalue weighted by Crippen LogP contribution is -2.42. The van der Waals surface area contributed by atoms with Gasteiger partial charge in [0, 0.05) is 44.5 Å². The van der Waals surface area contributed by atoms with Crippen LogP contribution in [0.25, 0.3) is 0 Å². The average molecular weight is 276 g/mol. The molecule has 0 N–H and O–H groups in total. The Labute approximate surface area is 120 Å². The highest BCUT2D eigenvalue weighted by molar-refractivity contribution is 5.76. The van der Waals surface area contributed by atoms with Crippen molar-refractivity contribution in [3.05, 3.63) is 18.2 Å². The molecule has 4 rings (SSSR count). The lowest BCUT2D eigenvalue weighted by Gasteiger charge is -2.32. The summed E-state index contributed by atoms with van der Waals surface area (Å²) >= 11 is 0. The molecular weight excluding hydrogens is 252 g/mol. The van der Waals surface area contributed by atoms with E-state index in [9.17, 15) is 4.79 Å². The number of rotatable bonds is 3. The molecule has 0 radical (unpaired) electrons. The Morgan fingerprint density at radius 1 is 1.35 bits per heavy atom. The molecule has 5 nitrogen and oxygen atoms in total. The van der Waals surface area contributed by atoms with Crippen molar-refractivity contribution < 1.29 is 4.79 Å². The van der Waals surface area contributed by atoms with Crippen LogP contribution in [0.5, 0.6) is 0 Å². The number of imidazole rings is 1. The predicted octanol–water partition coefficient (Wildman–Crippen LogP) is 0.998. The van der Waals surface area contributed by atoms with Gasteiger partial charge in [0.05, 0.1) is 0 Å². The smallest absolute Gasteiger partial charge is 0.242 e. The van der Waals surface area contributed by atoms with E-state index in [1.165, 1.54) is 12.8 Å². The van der Waals surface area contributed by atoms with E-state index in [2.05, 4.69) is 28.8 Å². The third kappa shape index (κ3) is 2.59. The van der Waals surface area contributed by atoms with Gasteiger partial charge in [0.15, 0.2) is 0 Å². The number of carbonyl (C=O) groups is 1. The molecule has 5 heteroatoms. The monoisotopic (exact) mass is 276 g/mol. The summed E-state index contributed by atoms with van der Waals surface area (Å²) in [5.74, 6) is 1.88. The molecular formula is C15H24N4O. The van der Waals surface area contributed by atoms with Crippen LogP contribution in [0, 0.1) is 5.92 Å². The number of hydrogen-bond donors (Lipinski definition) is 0. The van der Waals surface area contributed by atoms with Crippen molar-refractivity contribution >= 4 is 5.91 Å². The number of likely N-dealkylation sites (N-methyl/N-ethyl adjacent to an activating group) is 1. The van der Waals surface area contributed by atoms with Crippen LogP contribution in [-0.4, -0.2) is 58.0 Å². The van der Waals surface area contributed by atoms with Crippen LogP contribution in [0.1, 0.15) is 25.6 Å². The SMILES string of the molecule is CCc1nccn1CC(=O)N1C[C@H]2CC[C@@H](C1)N(C)C2. The number of carbonyl (C=O) groups excluding carboxylic acids is 1. The first kappa shape index (κ1) is 13.6. The molecule has 3 aliphatic heterocycles. The van der Waals surface area contributed by atoms with Crippen molar-refractivity contribution in [2.24, 2.45) is 5.92 Å². The van der Waals surface area contributed by atoms with Gasteiger partial charge in [-0.05, 0) is 25.8 Å². The predicted molar refractivity (Wildman–Crippen MR) is 77.3 cm³/mol. The normalized spacial score (nSPS) is 26.8. The van der Waals surface area contributed by atoms with Gasteiger partial charge in [-0.15, -0.1) is 0 Å². The van der Waals surface area contributed by atoms with Crippen LogP contribution in [0.15, 0.2) is 12.4 Å². The minimum atomic E-state index is 0.241. The number of fused-ring (bicyclic) bond motifs is 4. The minimum absolute atomic E-state index is 0.241. The summed E-state index contributed by atoms with van der Waals surface area (Å²) in [5, 5.41) is 0. The first-order chi connectivity index (χ1) is 9.67. The molecule has 3 fully saturated rings. The number of amides is 1. The van der Waals surface area contributed by atoms with E-state index < -0.39 is 0 Å². The average Bonchev–Trinajstić information content (AvgIpc) is 2.68. The molecule has 1 amide bonds. The second kappa shape index (κ2) is 5.56. The van der Waals surface area contributed by atoms with E-state index >= 15 is 0 Å². The molecule has 1 aromatic rings. The molecule has 2 bridgehead atoms. The van der Waals surface area contributed by atoms with Crippen LogP contribution >= 0.6 is 0 Å². The van der Waals surface area contributed by atoms with Crippen molar-refractivity contribution in [2.75, 3.05) is 26.7 Å². The van der Waals surface area contributed by atoms with Crippen molar-refractivity contribution in [3.8, 4) is 0 Å². The van der Waals surface area contributed by atoms with E-state index in [0.717, 1.165) is 31.9 Å². The quantitative estimate of drug-likeness (QED) is 0.827. The Hall–Kier alpha value is -1.36. The molecule has 0 aliphatic carbocycles. The van der Waals surface area contributed by atoms with Gasteiger partial charge in [0.2, 0.25) is 5.91 Å². The van der Waals surface area contributed by atoms with E-state index in [4.69, 9.17) is 0 Å². The summed E-state index contributed by atoms with van der Waals surface area (Å²) < 4.78 is 1.98. The molecule has 1 aromatic heterocycles. The van der Waals surface area contributed by atoms with Crippen molar-refractivity contribution in [1.82, 2.24) is 19.4 Å². The van der Waals surface area contributed by atoms with Crippen LogP contribution in [0.2, 0.25) is 0 Å². The summed E-state index contributed by atoms with van der Waals surface area (Å²) in [6.07, 6.45) is 7.07. The Kier molecular flexibility index (Phi) is 3.78. The fourth-order valence-corrected chi connectivity index (χ4v) is 3.56. The Bertz CT molecular complexity index is 484. The summed E-state index contributed by atoms with van der Waals surface area (Å²) in [7, 11) is 2.19. The number of piperidine rings is 1. The van der Waals surface area contributed by atoms with Crippen LogP contribution in [0.4, 0.5) is 0 Å². The summed E-state index contributed by atoms with van der Waals surface area (Å²) in [6, 6.07) is 0.547. The van der Waals surface area contributed by atoms with Gasteiger partial charge in [-0.3, -0.25) is 4.79 Å². The van der Waals surface area contributed by atoms with Crippen molar-refractivity contribution in [2.45, 2.75) is 38.8 Å². The molecule has 0 spiro atoms. The fourth-order valence-electron chi connectivity index (χ4n) is 3.56. The first-order valence-electron chi connectivity index (χ1n) is 7.65. The third-order valence-corrected chi connectivity index (χ3v) is 4.76. The van der Waals surface area contributed by atoms with E-state index in [1.54, 1.807) is 6.20 Å². The Morgan fingerprint density at radius 3 is 2.95 bits per heavy atom. The number of nitrogens with zero attached hydrogens (tertiary/aromatic N) is 4. The topological polar surface area (TPSA) is 41.4 Å². The maximum absolute atomic E-state index is 12.6. The zero-order valence-electron chi connectivity index (χ0n) is 12.5. The standard InChI is InChI=1S/C15H24N4O/c1-3-14-16-6-7-18(14)11-15(20)19-9-12-4-5-13(10-19)17(2)8-12/h6-7,12-13H,3-5,8-11H2,1-2H3/t12-,13-/m0/s1. The van der Waals surface area contributed by atoms with Crippen LogP contribution in [0.3, 0.4) is 0 Å². The largest absolute Gasteiger partial charge is 0.339 e. The van der Waals surface area contributed by atoms with Gasteiger partial charge in [-0.25, -0.2) is 4.98 Å². The molecule has 2 atom stereocenters. The summed E-state index contributed by atoms with van der Waals surface area (Å²) in [6.45, 7) is 5.47. The highest BCUT2D eigenvalue weighted by atomic mass is 16.2. The molecule has 0 aromatic carbocycles. The van der Waals surface area contributed by atoms with Gasteiger partial charge in [0.1, 0.15) is 12.4 Å². The van der Waals surface area contributed by atoms with Crippen molar-refractivity contribution in [1.29, 1.82) is 0 Å². The maximum Gasteiger partial charge on any atom is 0.242 e. The van der Waals surface area contributed by atoms with Gasteiger partial charge < -0.3 is 14.4 Å². The van der Waals surface area contributed by atoms with Gasteiger partial charge in [-0.1, -0.05) is 6.92 Å². The summed E-state index contributed by atoms with van der Waals surface area (Å²) in [4.78, 5) is 21.4. The van der Waals surface area contributed by atoms with Gasteiger partial charge in [-0.2, -0.15) is 0 Å². The van der Waals surface area contributed by atoms with Crippen LogP contribution in [-0.2, 0) is 17.8 Å². The first-order valence-corrected chi connectivity index (χ1v) is 7.65.